The molecule has 2 N–H and O–H groups in total. The van der Waals surface area contributed by atoms with Gasteiger partial charge in [-0.2, -0.15) is 0 Å². The van der Waals surface area contributed by atoms with Crippen LogP contribution in [-0.4, -0.2) is 36.2 Å². The van der Waals surface area contributed by atoms with Crippen LogP contribution in [0.5, 0.6) is 0 Å². The van der Waals surface area contributed by atoms with Gasteiger partial charge in [0, 0.05) is 25.4 Å². The Labute approximate surface area is 176 Å². The maximum atomic E-state index is 12.8. The third-order valence-electron chi connectivity index (χ3n) is 4.61. The first-order valence-electron chi connectivity index (χ1n) is 9.28. The SMILES string of the molecule is Cc1c(NC(=O)CCSc2nnc(-c3ccc[nH]3)o2)c(=O)n(-c2ccccc2)n1C. The lowest BCUT2D eigenvalue weighted by Crippen LogP contribution is -2.23. The van der Waals surface area contributed by atoms with Crippen LogP contribution in [0.15, 0.2) is 63.1 Å². The maximum absolute atomic E-state index is 12.8. The van der Waals surface area contributed by atoms with Gasteiger partial charge in [0.1, 0.15) is 11.4 Å². The Morgan fingerprint density at radius 2 is 2.00 bits per heavy atom. The molecule has 4 rings (SSSR count). The standard InChI is InChI=1S/C20H20N6O3S/c1-13-17(19(28)26(25(13)2)14-7-4-3-5-8-14)22-16(27)10-12-30-20-24-23-18(29-20)15-9-6-11-21-15/h3-9,11,21H,10,12H2,1-2H3,(H,22,27). The summed E-state index contributed by atoms with van der Waals surface area (Å²) < 4.78 is 8.81. The number of thioether (sulfide) groups is 1. The highest BCUT2D eigenvalue weighted by atomic mass is 32.2. The van der Waals surface area contributed by atoms with Crippen LogP contribution in [0.25, 0.3) is 17.3 Å². The van der Waals surface area contributed by atoms with Crippen molar-refractivity contribution in [1.82, 2.24) is 24.5 Å². The highest BCUT2D eigenvalue weighted by molar-refractivity contribution is 7.99. The number of aromatic amines is 1. The Hall–Kier alpha value is -3.53. The van der Waals surface area contributed by atoms with Gasteiger partial charge >= 0.3 is 0 Å². The van der Waals surface area contributed by atoms with E-state index in [2.05, 4.69) is 20.5 Å². The zero-order chi connectivity index (χ0) is 21.1. The molecule has 9 nitrogen and oxygen atoms in total. The largest absolute Gasteiger partial charge is 0.410 e. The maximum Gasteiger partial charge on any atom is 0.295 e. The number of H-pyrrole nitrogens is 1. The Bertz CT molecular complexity index is 1210. The molecule has 0 radical (unpaired) electrons. The summed E-state index contributed by atoms with van der Waals surface area (Å²) in [5.41, 5.74) is 2.16. The van der Waals surface area contributed by atoms with Crippen molar-refractivity contribution in [1.29, 1.82) is 0 Å². The zero-order valence-electron chi connectivity index (χ0n) is 16.5. The fraction of sp³-hybridized carbons (Fsp3) is 0.200. The van der Waals surface area contributed by atoms with Crippen molar-refractivity contribution in [3.63, 3.8) is 0 Å². The molecule has 0 unspecified atom stereocenters. The lowest BCUT2D eigenvalue weighted by Gasteiger charge is -2.07. The first-order chi connectivity index (χ1) is 14.5. The molecule has 0 bridgehead atoms. The Morgan fingerprint density at radius 3 is 2.73 bits per heavy atom. The number of carbonyl (C=O) groups is 1. The quantitative estimate of drug-likeness (QED) is 0.441. The summed E-state index contributed by atoms with van der Waals surface area (Å²) >= 11 is 1.29. The van der Waals surface area contributed by atoms with Gasteiger partial charge in [0.2, 0.25) is 5.91 Å². The summed E-state index contributed by atoms with van der Waals surface area (Å²) in [6.07, 6.45) is 1.97. The van der Waals surface area contributed by atoms with E-state index in [1.807, 2.05) is 42.5 Å². The minimum atomic E-state index is -0.269. The molecule has 1 amide bonds. The van der Waals surface area contributed by atoms with Crippen LogP contribution in [0.4, 0.5) is 5.69 Å². The second kappa shape index (κ2) is 8.46. The van der Waals surface area contributed by atoms with Gasteiger partial charge in [-0.05, 0) is 31.2 Å². The van der Waals surface area contributed by atoms with Gasteiger partial charge in [0.05, 0.1) is 11.4 Å². The lowest BCUT2D eigenvalue weighted by molar-refractivity contribution is -0.115. The molecule has 3 heterocycles. The number of para-hydroxylation sites is 1. The van der Waals surface area contributed by atoms with Crippen LogP contribution in [0.1, 0.15) is 12.1 Å². The summed E-state index contributed by atoms with van der Waals surface area (Å²) in [6, 6.07) is 13.0. The predicted octanol–water partition coefficient (Wildman–Crippen LogP) is 2.98. The molecule has 10 heteroatoms. The second-order valence-corrected chi connectivity index (χ2v) is 7.59. The monoisotopic (exact) mass is 424 g/mol. The third kappa shape index (κ3) is 3.94. The Balaban J connectivity index is 1.38. The summed E-state index contributed by atoms with van der Waals surface area (Å²) in [5, 5.41) is 11.1. The van der Waals surface area contributed by atoms with Gasteiger partial charge in [0.25, 0.3) is 16.7 Å². The predicted molar refractivity (Wildman–Crippen MR) is 114 cm³/mol. The van der Waals surface area contributed by atoms with Crippen molar-refractivity contribution in [2.45, 2.75) is 18.6 Å². The van der Waals surface area contributed by atoms with E-state index in [1.165, 1.54) is 16.4 Å². The van der Waals surface area contributed by atoms with Crippen LogP contribution in [0.3, 0.4) is 0 Å². The highest BCUT2D eigenvalue weighted by Gasteiger charge is 2.18. The number of aromatic nitrogens is 5. The molecule has 154 valence electrons. The van der Waals surface area contributed by atoms with Crippen molar-refractivity contribution in [2.75, 3.05) is 11.1 Å². The molecule has 0 saturated heterocycles. The van der Waals surface area contributed by atoms with Crippen molar-refractivity contribution in [3.8, 4) is 17.3 Å². The molecule has 30 heavy (non-hydrogen) atoms. The zero-order valence-corrected chi connectivity index (χ0v) is 17.3. The van der Waals surface area contributed by atoms with E-state index in [-0.39, 0.29) is 23.6 Å². The normalized spacial score (nSPS) is 11.0. The molecule has 0 fully saturated rings. The first kappa shape index (κ1) is 19.8. The van der Waals surface area contributed by atoms with E-state index in [4.69, 9.17) is 4.42 Å². The number of carbonyl (C=O) groups excluding carboxylic acids is 1. The molecule has 0 spiro atoms. The number of anilines is 1. The van der Waals surface area contributed by atoms with Gasteiger partial charge in [-0.25, -0.2) is 4.68 Å². The first-order valence-corrected chi connectivity index (χ1v) is 10.3. The molecule has 1 aromatic carbocycles. The summed E-state index contributed by atoms with van der Waals surface area (Å²) in [7, 11) is 1.78. The van der Waals surface area contributed by atoms with Crippen molar-refractivity contribution >= 4 is 23.4 Å². The van der Waals surface area contributed by atoms with Crippen LogP contribution in [0.2, 0.25) is 0 Å². The number of nitrogens with one attached hydrogen (secondary N) is 2. The number of hydrogen-bond acceptors (Lipinski definition) is 6. The number of hydrogen-bond donors (Lipinski definition) is 2. The van der Waals surface area contributed by atoms with Crippen LogP contribution >= 0.6 is 11.8 Å². The van der Waals surface area contributed by atoms with Crippen molar-refractivity contribution in [2.24, 2.45) is 7.05 Å². The number of amides is 1. The number of nitrogens with zero attached hydrogens (tertiary/aromatic N) is 4. The fourth-order valence-corrected chi connectivity index (χ4v) is 3.68. The minimum Gasteiger partial charge on any atom is -0.410 e. The highest BCUT2D eigenvalue weighted by Crippen LogP contribution is 2.22. The number of benzene rings is 1. The molecular formula is C20H20N6O3S. The Kier molecular flexibility index (Phi) is 5.57. The number of rotatable bonds is 7. The smallest absolute Gasteiger partial charge is 0.295 e. The van der Waals surface area contributed by atoms with E-state index < -0.39 is 0 Å². The molecule has 0 aliphatic carbocycles. The molecular weight excluding hydrogens is 404 g/mol. The van der Waals surface area contributed by atoms with E-state index in [1.54, 1.807) is 24.9 Å². The molecule has 0 atom stereocenters. The molecule has 0 aliphatic heterocycles. The van der Waals surface area contributed by atoms with E-state index in [9.17, 15) is 9.59 Å². The van der Waals surface area contributed by atoms with Crippen molar-refractivity contribution < 1.29 is 9.21 Å². The Morgan fingerprint density at radius 1 is 1.20 bits per heavy atom. The average molecular weight is 424 g/mol. The molecule has 0 saturated carbocycles. The summed E-state index contributed by atoms with van der Waals surface area (Å²) in [4.78, 5) is 28.2. The van der Waals surface area contributed by atoms with Gasteiger partial charge in [0.15, 0.2) is 0 Å². The van der Waals surface area contributed by atoms with Gasteiger partial charge in [-0.15, -0.1) is 10.2 Å². The topological polar surface area (TPSA) is 111 Å². The van der Waals surface area contributed by atoms with Crippen LogP contribution < -0.4 is 10.9 Å². The summed E-state index contributed by atoms with van der Waals surface area (Å²) in [6.45, 7) is 1.80. The molecule has 3 aromatic heterocycles. The molecule has 0 aliphatic rings. The van der Waals surface area contributed by atoms with E-state index in [0.717, 1.165) is 11.4 Å². The van der Waals surface area contributed by atoms with Gasteiger partial charge in [-0.1, -0.05) is 30.0 Å². The average Bonchev–Trinajstić information content (AvgIpc) is 3.47. The third-order valence-corrected chi connectivity index (χ3v) is 5.43. The summed E-state index contributed by atoms with van der Waals surface area (Å²) in [5.74, 6) is 0.586. The van der Waals surface area contributed by atoms with Crippen LogP contribution in [-0.2, 0) is 11.8 Å². The van der Waals surface area contributed by atoms with E-state index >= 15 is 0 Å². The minimum absolute atomic E-state index is 0.198. The fourth-order valence-electron chi connectivity index (χ4n) is 2.99. The van der Waals surface area contributed by atoms with Crippen molar-refractivity contribution in [3.05, 3.63) is 64.7 Å². The van der Waals surface area contributed by atoms with Gasteiger partial charge < -0.3 is 14.7 Å². The van der Waals surface area contributed by atoms with Crippen LogP contribution in [0, 0.1) is 6.92 Å². The molecule has 4 aromatic rings. The van der Waals surface area contributed by atoms with Gasteiger partial charge in [-0.3, -0.25) is 14.3 Å². The van der Waals surface area contributed by atoms with E-state index in [0.29, 0.717) is 22.6 Å². The lowest BCUT2D eigenvalue weighted by atomic mass is 10.3. The second-order valence-electron chi connectivity index (χ2n) is 6.54.